The summed E-state index contributed by atoms with van der Waals surface area (Å²) in [4.78, 5) is 30.5. The Morgan fingerprint density at radius 1 is 1.25 bits per heavy atom. The Morgan fingerprint density at radius 2 is 2.06 bits per heavy atom. The zero-order valence-corrected chi connectivity index (χ0v) is 17.8. The van der Waals surface area contributed by atoms with Gasteiger partial charge >= 0.3 is 0 Å². The van der Waals surface area contributed by atoms with Gasteiger partial charge in [0.15, 0.2) is 17.3 Å². The van der Waals surface area contributed by atoms with Gasteiger partial charge in [-0.05, 0) is 31.9 Å². The van der Waals surface area contributed by atoms with Gasteiger partial charge in [-0.2, -0.15) is 5.10 Å². The molecule has 3 aromatic rings. The molecule has 3 N–H and O–H groups in total. The molecule has 11 heteroatoms. The van der Waals surface area contributed by atoms with E-state index in [1.165, 1.54) is 18.0 Å². The molecule has 3 aromatic heterocycles. The van der Waals surface area contributed by atoms with Crippen molar-refractivity contribution in [3.63, 3.8) is 0 Å². The van der Waals surface area contributed by atoms with Crippen LogP contribution in [-0.2, 0) is 11.3 Å². The topological polar surface area (TPSA) is 130 Å². The van der Waals surface area contributed by atoms with Gasteiger partial charge in [0.05, 0.1) is 32.0 Å². The van der Waals surface area contributed by atoms with Crippen LogP contribution in [0.5, 0.6) is 0 Å². The number of hydrogen-bond donors (Lipinski definition) is 3. The van der Waals surface area contributed by atoms with Crippen LogP contribution < -0.4 is 20.9 Å². The van der Waals surface area contributed by atoms with Crippen molar-refractivity contribution in [3.05, 3.63) is 41.5 Å². The van der Waals surface area contributed by atoms with Gasteiger partial charge in [0.25, 0.3) is 5.91 Å². The van der Waals surface area contributed by atoms with Gasteiger partial charge in [-0.3, -0.25) is 9.59 Å². The molecule has 1 saturated carbocycles. The standard InChI is InChI=1S/C21H23N9O2/c1-11-8-13-10-29(3)18-15(30(13)28-11)6-7-23-19(18)24-14-9-16(25-20(31)12-4-5-12)26-27-17(14)21(32)22-2/h6-9,12H,4-5,10H2,1-3H3,(H,22,32)(H2,23,24,25,26,31)/i10D2. The molecule has 0 spiro atoms. The van der Waals surface area contributed by atoms with E-state index < -0.39 is 12.4 Å². The molecule has 0 saturated heterocycles. The summed E-state index contributed by atoms with van der Waals surface area (Å²) in [7, 11) is 3.10. The Balaban J connectivity index is 1.59. The number of fused-ring (bicyclic) bond motifs is 3. The molecular formula is C21H23N9O2. The van der Waals surface area contributed by atoms with Gasteiger partial charge in [0.1, 0.15) is 5.69 Å². The minimum Gasteiger partial charge on any atom is -0.364 e. The van der Waals surface area contributed by atoms with Crippen LogP contribution in [-0.4, -0.2) is 50.9 Å². The summed E-state index contributed by atoms with van der Waals surface area (Å²) in [5.41, 5.74) is 2.43. The van der Waals surface area contributed by atoms with Gasteiger partial charge in [-0.1, -0.05) is 0 Å². The van der Waals surface area contributed by atoms with Crippen molar-refractivity contribution < 1.29 is 12.3 Å². The monoisotopic (exact) mass is 435 g/mol. The second kappa shape index (κ2) is 7.59. The Kier molecular flexibility index (Phi) is 4.18. The molecule has 32 heavy (non-hydrogen) atoms. The number of carbonyl (C=O) groups excluding carboxylic acids is 2. The fourth-order valence-corrected chi connectivity index (χ4v) is 3.56. The van der Waals surface area contributed by atoms with Crippen LogP contribution in [0.3, 0.4) is 0 Å². The fraction of sp³-hybridized carbons (Fsp3) is 0.333. The minimum atomic E-state index is -1.86. The fourth-order valence-electron chi connectivity index (χ4n) is 3.56. The molecular weight excluding hydrogens is 410 g/mol. The molecule has 11 nitrogen and oxygen atoms in total. The third-order valence-corrected chi connectivity index (χ3v) is 5.27. The maximum atomic E-state index is 12.5. The van der Waals surface area contributed by atoms with Gasteiger partial charge in [-0.15, -0.1) is 10.2 Å². The molecule has 0 unspecified atom stereocenters. The van der Waals surface area contributed by atoms with E-state index in [9.17, 15) is 9.59 Å². The van der Waals surface area contributed by atoms with Crippen molar-refractivity contribution in [2.45, 2.75) is 26.3 Å². The van der Waals surface area contributed by atoms with Crippen LogP contribution in [0.25, 0.3) is 5.69 Å². The highest BCUT2D eigenvalue weighted by molar-refractivity contribution is 6.00. The zero-order chi connectivity index (χ0) is 24.2. The minimum absolute atomic E-state index is 0.00317. The highest BCUT2D eigenvalue weighted by atomic mass is 16.2. The maximum Gasteiger partial charge on any atom is 0.273 e. The number of pyridine rings is 1. The first-order chi connectivity index (χ1) is 16.2. The summed E-state index contributed by atoms with van der Waals surface area (Å²) in [6, 6.07) is 4.96. The van der Waals surface area contributed by atoms with Gasteiger partial charge in [0.2, 0.25) is 5.91 Å². The van der Waals surface area contributed by atoms with Crippen molar-refractivity contribution in [2.24, 2.45) is 5.92 Å². The SMILES string of the molecule is [2H]C1([2H])c2cc(C)nn2-c2ccnc(Nc3cc(NC(=O)C4CC4)nnc3C(=O)NC)c2N1C. The van der Waals surface area contributed by atoms with Crippen molar-refractivity contribution in [3.8, 4) is 5.69 Å². The van der Waals surface area contributed by atoms with E-state index in [-0.39, 0.29) is 29.0 Å². The number of nitrogens with one attached hydrogen (secondary N) is 3. The van der Waals surface area contributed by atoms with E-state index in [1.54, 1.807) is 37.0 Å². The molecule has 0 bridgehead atoms. The Morgan fingerprint density at radius 3 is 2.81 bits per heavy atom. The lowest BCUT2D eigenvalue weighted by Crippen LogP contribution is -2.27. The van der Waals surface area contributed by atoms with Crippen LogP contribution in [0, 0.1) is 12.8 Å². The summed E-state index contributed by atoms with van der Waals surface area (Å²) < 4.78 is 18.9. The van der Waals surface area contributed by atoms with Crippen molar-refractivity contribution in [2.75, 3.05) is 29.6 Å². The Hall–Kier alpha value is -4.02. The Bertz CT molecular complexity index is 1320. The second-order valence-corrected chi connectivity index (χ2v) is 7.74. The molecule has 0 atom stereocenters. The van der Waals surface area contributed by atoms with E-state index >= 15 is 0 Å². The van der Waals surface area contributed by atoms with E-state index in [2.05, 4.69) is 36.2 Å². The van der Waals surface area contributed by atoms with Crippen molar-refractivity contribution in [1.29, 1.82) is 0 Å². The maximum absolute atomic E-state index is 12.5. The highest BCUT2D eigenvalue weighted by Gasteiger charge is 2.30. The molecule has 0 radical (unpaired) electrons. The van der Waals surface area contributed by atoms with Crippen LogP contribution >= 0.6 is 0 Å². The highest BCUT2D eigenvalue weighted by Crippen LogP contribution is 2.37. The van der Waals surface area contributed by atoms with Crippen LogP contribution in [0.2, 0.25) is 0 Å². The third kappa shape index (κ3) is 3.51. The predicted octanol–water partition coefficient (Wildman–Crippen LogP) is 1.77. The lowest BCUT2D eigenvalue weighted by molar-refractivity contribution is -0.117. The van der Waals surface area contributed by atoms with Crippen molar-refractivity contribution in [1.82, 2.24) is 30.3 Å². The molecule has 2 amide bonds. The number of amides is 2. The molecule has 1 fully saturated rings. The largest absolute Gasteiger partial charge is 0.364 e. The van der Waals surface area contributed by atoms with Crippen LogP contribution in [0.15, 0.2) is 24.4 Å². The van der Waals surface area contributed by atoms with E-state index in [0.717, 1.165) is 12.8 Å². The van der Waals surface area contributed by atoms with Crippen LogP contribution in [0.1, 0.15) is 37.5 Å². The first-order valence-electron chi connectivity index (χ1n) is 11.2. The number of anilines is 4. The van der Waals surface area contributed by atoms with E-state index in [0.29, 0.717) is 28.6 Å². The van der Waals surface area contributed by atoms with Crippen LogP contribution in [0.4, 0.5) is 23.0 Å². The average Bonchev–Trinajstić information content (AvgIpc) is 3.58. The number of hydrogen-bond acceptors (Lipinski definition) is 8. The Labute approximate surface area is 187 Å². The number of nitrogens with zero attached hydrogens (tertiary/aromatic N) is 6. The first kappa shape index (κ1) is 17.6. The number of rotatable bonds is 5. The quantitative estimate of drug-likeness (QED) is 0.553. The summed E-state index contributed by atoms with van der Waals surface area (Å²) in [5, 5.41) is 20.8. The predicted molar refractivity (Wildman–Crippen MR) is 118 cm³/mol. The zero-order valence-electron chi connectivity index (χ0n) is 19.8. The van der Waals surface area contributed by atoms with E-state index in [4.69, 9.17) is 2.74 Å². The second-order valence-electron chi connectivity index (χ2n) is 7.74. The average molecular weight is 435 g/mol. The lowest BCUT2D eigenvalue weighted by atomic mass is 10.2. The number of aromatic nitrogens is 5. The smallest absolute Gasteiger partial charge is 0.273 e. The molecule has 4 heterocycles. The van der Waals surface area contributed by atoms with Gasteiger partial charge < -0.3 is 20.9 Å². The summed E-state index contributed by atoms with van der Waals surface area (Å²) in [5.74, 6) is -0.153. The number of aryl methyl sites for hydroxylation is 1. The normalized spacial score (nSPS) is 16.9. The molecule has 5 rings (SSSR count). The van der Waals surface area contributed by atoms with E-state index in [1.807, 2.05) is 0 Å². The molecule has 0 aromatic carbocycles. The summed E-state index contributed by atoms with van der Waals surface area (Å²) in [6.07, 6.45) is 3.24. The third-order valence-electron chi connectivity index (χ3n) is 5.27. The van der Waals surface area contributed by atoms with Gasteiger partial charge in [0, 0.05) is 32.3 Å². The summed E-state index contributed by atoms with van der Waals surface area (Å²) in [6.45, 7) is -0.0611. The number of carbonyl (C=O) groups is 2. The first-order valence-corrected chi connectivity index (χ1v) is 10.2. The molecule has 1 aliphatic carbocycles. The van der Waals surface area contributed by atoms with Crippen molar-refractivity contribution >= 4 is 34.8 Å². The molecule has 2 aliphatic rings. The summed E-state index contributed by atoms with van der Waals surface area (Å²) >= 11 is 0. The molecule has 164 valence electrons. The molecule has 1 aliphatic heterocycles. The lowest BCUT2D eigenvalue weighted by Gasteiger charge is -2.30. The van der Waals surface area contributed by atoms with Gasteiger partial charge in [-0.25, -0.2) is 9.67 Å².